The van der Waals surface area contributed by atoms with Gasteiger partial charge in [0.1, 0.15) is 13.2 Å². The minimum atomic E-state index is -4.44. The van der Waals surface area contributed by atoms with Crippen LogP contribution in [-0.2, 0) is 18.8 Å². The molecule has 0 aromatic carbocycles. The van der Waals surface area contributed by atoms with Crippen LogP contribution in [-0.4, -0.2) is 26.2 Å². The second-order valence-electron chi connectivity index (χ2n) is 3.59. The van der Waals surface area contributed by atoms with E-state index in [2.05, 4.69) is 0 Å². The van der Waals surface area contributed by atoms with Gasteiger partial charge in [0.05, 0.1) is 0 Å². The SMILES string of the molecule is CC1(C)CO[P+](Cl)(S(=O)(=O)O)OC1. The molecule has 5 nitrogen and oxygen atoms in total. The lowest BCUT2D eigenvalue weighted by Gasteiger charge is -2.28. The fraction of sp³-hybridized carbons (Fsp3) is 1.00. The minimum absolute atomic E-state index is 0.157. The van der Waals surface area contributed by atoms with E-state index in [1.165, 1.54) is 0 Å². The van der Waals surface area contributed by atoms with Gasteiger partial charge in [-0.1, -0.05) is 13.8 Å². The van der Waals surface area contributed by atoms with Gasteiger partial charge in [0.15, 0.2) is 11.2 Å². The Labute approximate surface area is 82.2 Å². The predicted molar refractivity (Wildman–Crippen MR) is 50.0 cm³/mol. The third kappa shape index (κ3) is 2.52. The van der Waals surface area contributed by atoms with Gasteiger partial charge in [0.2, 0.25) is 0 Å². The summed E-state index contributed by atoms with van der Waals surface area (Å²) in [5, 5.41) is 0. The highest BCUT2D eigenvalue weighted by atomic mass is 35.7. The van der Waals surface area contributed by atoms with Gasteiger partial charge in [-0.05, 0) is 0 Å². The van der Waals surface area contributed by atoms with Crippen LogP contribution in [0.1, 0.15) is 13.8 Å². The monoisotopic (exact) mass is 249 g/mol. The first-order valence-corrected chi connectivity index (χ1v) is 8.09. The Hall–Kier alpha value is 0.550. The van der Waals surface area contributed by atoms with E-state index in [1.54, 1.807) is 0 Å². The molecule has 0 unspecified atom stereocenters. The van der Waals surface area contributed by atoms with Crippen LogP contribution in [0.5, 0.6) is 0 Å². The number of halogens is 1. The van der Waals surface area contributed by atoms with Gasteiger partial charge in [0.25, 0.3) is 0 Å². The van der Waals surface area contributed by atoms with E-state index in [0.717, 1.165) is 0 Å². The molecule has 0 spiro atoms. The summed E-state index contributed by atoms with van der Waals surface area (Å²) in [6.45, 7) is 4.00. The minimum Gasteiger partial charge on any atom is -0.251 e. The van der Waals surface area contributed by atoms with Crippen molar-refractivity contribution in [2.75, 3.05) is 13.2 Å². The topological polar surface area (TPSA) is 72.8 Å². The molecule has 1 rings (SSSR count). The second-order valence-corrected chi connectivity index (χ2v) is 10.6. The lowest BCUT2D eigenvalue weighted by atomic mass is 9.97. The van der Waals surface area contributed by atoms with Crippen LogP contribution in [0.4, 0.5) is 0 Å². The largest absolute Gasteiger partial charge is 0.523 e. The first-order valence-electron chi connectivity index (χ1n) is 3.52. The molecule has 0 aromatic heterocycles. The van der Waals surface area contributed by atoms with Crippen molar-refractivity contribution in [3.05, 3.63) is 0 Å². The van der Waals surface area contributed by atoms with E-state index in [9.17, 15) is 8.42 Å². The van der Waals surface area contributed by atoms with Gasteiger partial charge < -0.3 is 0 Å². The molecule has 8 heteroatoms. The van der Waals surface area contributed by atoms with E-state index < -0.39 is 16.0 Å². The van der Waals surface area contributed by atoms with Gasteiger partial charge in [-0.15, -0.1) is 0 Å². The lowest BCUT2D eigenvalue weighted by Crippen LogP contribution is -2.31. The molecule has 0 amide bonds. The number of hydrogen-bond donors (Lipinski definition) is 1. The van der Waals surface area contributed by atoms with Crippen molar-refractivity contribution in [2.24, 2.45) is 5.41 Å². The average molecular weight is 250 g/mol. The first kappa shape index (κ1) is 11.6. The summed E-state index contributed by atoms with van der Waals surface area (Å²) in [5.41, 5.74) is -0.275. The fourth-order valence-electron chi connectivity index (χ4n) is 0.716. The molecule has 0 radical (unpaired) electrons. The summed E-state index contributed by atoms with van der Waals surface area (Å²) in [5.74, 6) is 0. The third-order valence-electron chi connectivity index (χ3n) is 1.49. The van der Waals surface area contributed by atoms with Gasteiger partial charge >= 0.3 is 16.0 Å². The van der Waals surface area contributed by atoms with Crippen molar-refractivity contribution < 1.29 is 22.0 Å². The smallest absolute Gasteiger partial charge is 0.251 e. The second kappa shape index (κ2) is 3.29. The molecule has 0 aromatic rings. The van der Waals surface area contributed by atoms with Gasteiger partial charge in [0, 0.05) is 5.41 Å². The van der Waals surface area contributed by atoms with Crippen LogP contribution < -0.4 is 0 Å². The molecule has 1 fully saturated rings. The van der Waals surface area contributed by atoms with E-state index >= 15 is 0 Å². The molecule has 0 atom stereocenters. The molecular formula is C5H11ClO5PS+. The molecule has 0 saturated carbocycles. The summed E-state index contributed by atoms with van der Waals surface area (Å²) in [7, 11) is -4.44. The lowest BCUT2D eigenvalue weighted by molar-refractivity contribution is 0.0632. The normalized spacial score (nSPS) is 27.1. The molecule has 1 heterocycles. The first-order chi connectivity index (χ1) is 5.66. The number of hydrogen-bond acceptors (Lipinski definition) is 4. The fourth-order valence-corrected chi connectivity index (χ4v) is 3.47. The van der Waals surface area contributed by atoms with Crippen molar-refractivity contribution in [2.45, 2.75) is 13.8 Å². The van der Waals surface area contributed by atoms with Gasteiger partial charge in [-0.3, -0.25) is 4.55 Å². The zero-order chi connectivity index (χ0) is 10.3. The Bertz CT molecular complexity index is 290. The van der Waals surface area contributed by atoms with Crippen molar-refractivity contribution in [3.8, 4) is 0 Å². The van der Waals surface area contributed by atoms with Gasteiger partial charge in [-0.25, -0.2) is 0 Å². The van der Waals surface area contributed by atoms with E-state index in [-0.39, 0.29) is 18.6 Å². The predicted octanol–water partition coefficient (Wildman–Crippen LogP) is 1.86. The van der Waals surface area contributed by atoms with Crippen LogP contribution in [0.15, 0.2) is 0 Å². The summed E-state index contributed by atoms with van der Waals surface area (Å²) in [6.07, 6.45) is -3.63. The molecule has 1 N–H and O–H groups in total. The van der Waals surface area contributed by atoms with Gasteiger partial charge in [-0.2, -0.15) is 17.5 Å². The van der Waals surface area contributed by atoms with Crippen LogP contribution in [0.2, 0.25) is 0 Å². The number of rotatable bonds is 1. The third-order valence-corrected chi connectivity index (χ3v) is 7.36. The Morgan fingerprint density at radius 3 is 2.08 bits per heavy atom. The quantitative estimate of drug-likeness (QED) is 0.567. The maximum Gasteiger partial charge on any atom is 0.523 e. The highest BCUT2D eigenvalue weighted by Gasteiger charge is 2.61. The summed E-state index contributed by atoms with van der Waals surface area (Å²) in [6, 6.07) is 0. The highest BCUT2D eigenvalue weighted by molar-refractivity contribution is 8.59. The van der Waals surface area contributed by atoms with Crippen LogP contribution in [0.25, 0.3) is 0 Å². The Balaban J connectivity index is 2.79. The average Bonchev–Trinajstić information content (AvgIpc) is 1.94. The maximum absolute atomic E-state index is 10.7. The van der Waals surface area contributed by atoms with E-state index in [1.807, 2.05) is 13.8 Å². The zero-order valence-corrected chi connectivity index (χ0v) is 9.69. The van der Waals surface area contributed by atoms with Crippen molar-refractivity contribution in [3.63, 3.8) is 0 Å². The molecule has 13 heavy (non-hydrogen) atoms. The molecule has 1 aliphatic rings. The van der Waals surface area contributed by atoms with Crippen LogP contribution >= 0.6 is 17.5 Å². The summed E-state index contributed by atoms with van der Waals surface area (Å²) in [4.78, 5) is 0. The Morgan fingerprint density at radius 2 is 1.77 bits per heavy atom. The molecule has 1 saturated heterocycles. The highest BCUT2D eigenvalue weighted by Crippen LogP contribution is 2.73. The van der Waals surface area contributed by atoms with Crippen LogP contribution in [0, 0.1) is 5.41 Å². The van der Waals surface area contributed by atoms with Crippen molar-refractivity contribution in [1.82, 2.24) is 0 Å². The molecule has 78 valence electrons. The van der Waals surface area contributed by atoms with Crippen molar-refractivity contribution in [1.29, 1.82) is 0 Å². The zero-order valence-electron chi connectivity index (χ0n) is 7.23. The molecule has 1 aliphatic heterocycles. The Morgan fingerprint density at radius 1 is 1.38 bits per heavy atom. The summed E-state index contributed by atoms with van der Waals surface area (Å²) < 4.78 is 39.9. The standard InChI is InChI=1S/C5H10ClO5PS/c1-5(2)3-10-12(6,11-4-5)13(7,8)9/h3-4H2,1-2H3/p+1. The molecule has 0 aliphatic carbocycles. The van der Waals surface area contributed by atoms with Crippen molar-refractivity contribution >= 4 is 27.2 Å². The molecule has 0 bridgehead atoms. The molecular weight excluding hydrogens is 239 g/mol. The van der Waals surface area contributed by atoms with E-state index in [4.69, 9.17) is 24.8 Å². The summed E-state index contributed by atoms with van der Waals surface area (Å²) >= 11 is 5.51. The van der Waals surface area contributed by atoms with E-state index in [0.29, 0.717) is 0 Å². The Kier molecular flexibility index (Phi) is 2.94. The van der Waals surface area contributed by atoms with Crippen LogP contribution in [0.3, 0.4) is 0 Å². The maximum atomic E-state index is 10.7.